The first-order chi connectivity index (χ1) is 14.2. The van der Waals surface area contributed by atoms with Gasteiger partial charge in [0, 0.05) is 15.6 Å². The molecule has 0 radical (unpaired) electrons. The molecule has 1 N–H and O–H groups in total. The molecule has 0 bridgehead atoms. The molecule has 156 valence electrons. The van der Waals surface area contributed by atoms with Crippen molar-refractivity contribution in [3.05, 3.63) is 91.9 Å². The summed E-state index contributed by atoms with van der Waals surface area (Å²) >= 11 is 15.5. The second-order valence-corrected chi connectivity index (χ2v) is 7.86. The zero-order chi connectivity index (χ0) is 21.7. The van der Waals surface area contributed by atoms with Crippen molar-refractivity contribution in [2.75, 3.05) is 5.43 Å². The summed E-state index contributed by atoms with van der Waals surface area (Å²) in [7, 11) is 0. The molecule has 30 heavy (non-hydrogen) atoms. The van der Waals surface area contributed by atoms with E-state index in [0.29, 0.717) is 26.0 Å². The van der Waals surface area contributed by atoms with Crippen LogP contribution in [0.1, 0.15) is 16.7 Å². The minimum Gasteiger partial charge on any atom is -0.488 e. The Labute approximate surface area is 189 Å². The normalized spacial score (nSPS) is 11.7. The van der Waals surface area contributed by atoms with Crippen molar-refractivity contribution < 1.29 is 17.9 Å². The van der Waals surface area contributed by atoms with Crippen LogP contribution in [-0.4, -0.2) is 6.21 Å². The molecule has 0 fully saturated rings. The largest absolute Gasteiger partial charge is 0.488 e. The molecule has 0 amide bonds. The molecule has 3 aromatic carbocycles. The molecule has 0 heterocycles. The number of ether oxygens (including phenoxy) is 1. The summed E-state index contributed by atoms with van der Waals surface area (Å²) in [6.07, 6.45) is -2.82. The van der Waals surface area contributed by atoms with Gasteiger partial charge in [-0.25, -0.2) is 0 Å². The van der Waals surface area contributed by atoms with Crippen LogP contribution in [0.25, 0.3) is 0 Å². The van der Waals surface area contributed by atoms with E-state index in [1.165, 1.54) is 12.1 Å². The van der Waals surface area contributed by atoms with Crippen LogP contribution in [0.5, 0.6) is 5.75 Å². The Morgan fingerprint density at radius 2 is 1.73 bits per heavy atom. The van der Waals surface area contributed by atoms with Crippen molar-refractivity contribution in [3.8, 4) is 5.75 Å². The molecule has 0 aliphatic rings. The highest BCUT2D eigenvalue weighted by atomic mass is 79.9. The first kappa shape index (κ1) is 22.5. The van der Waals surface area contributed by atoms with Crippen LogP contribution in [0, 0.1) is 0 Å². The Morgan fingerprint density at radius 1 is 1.00 bits per heavy atom. The van der Waals surface area contributed by atoms with Crippen molar-refractivity contribution in [1.82, 2.24) is 0 Å². The number of hydrogen-bond acceptors (Lipinski definition) is 3. The molecule has 9 heteroatoms. The third kappa shape index (κ3) is 6.14. The third-order valence-corrected chi connectivity index (χ3v) is 5.18. The molecule has 0 aliphatic carbocycles. The molecule has 3 rings (SSSR count). The van der Waals surface area contributed by atoms with Gasteiger partial charge in [-0.1, -0.05) is 29.3 Å². The summed E-state index contributed by atoms with van der Waals surface area (Å²) in [5, 5.41) is 5.12. The fraction of sp³-hybridized carbons (Fsp3) is 0.0952. The van der Waals surface area contributed by atoms with E-state index in [0.717, 1.165) is 23.3 Å². The molecular formula is C21H14BrCl2F3N2O. The number of rotatable bonds is 6. The summed E-state index contributed by atoms with van der Waals surface area (Å²) < 4.78 is 44.2. The van der Waals surface area contributed by atoms with Gasteiger partial charge in [-0.3, -0.25) is 5.43 Å². The molecule has 0 saturated carbocycles. The van der Waals surface area contributed by atoms with Gasteiger partial charge in [0.1, 0.15) is 12.4 Å². The third-order valence-electron chi connectivity index (χ3n) is 3.97. The molecule has 0 unspecified atom stereocenters. The SMILES string of the molecule is FC(F)(F)c1ccc(N/N=C/c2ccc(OCc3ccc(Cl)cc3Cl)c(Br)c2)cc1. The molecule has 0 spiro atoms. The lowest BCUT2D eigenvalue weighted by Crippen LogP contribution is -2.04. The maximum Gasteiger partial charge on any atom is 0.416 e. The molecule has 0 atom stereocenters. The summed E-state index contributed by atoms with van der Waals surface area (Å²) in [5.41, 5.74) is 3.99. The lowest BCUT2D eigenvalue weighted by atomic mass is 10.2. The highest BCUT2D eigenvalue weighted by Crippen LogP contribution is 2.30. The quantitative estimate of drug-likeness (QED) is 0.267. The minimum atomic E-state index is -4.36. The standard InChI is InChI=1S/C21H14BrCl2F3N2O/c22-18-9-13(11-28-29-17-6-3-15(4-7-17)21(25,26)27)1-8-20(18)30-12-14-2-5-16(23)10-19(14)24/h1-11,29H,12H2/b28-11+. The van der Waals surface area contributed by atoms with E-state index in [9.17, 15) is 13.2 Å². The highest BCUT2D eigenvalue weighted by Gasteiger charge is 2.29. The summed E-state index contributed by atoms with van der Waals surface area (Å²) in [6, 6.07) is 15.2. The van der Waals surface area contributed by atoms with Crippen molar-refractivity contribution in [2.45, 2.75) is 12.8 Å². The van der Waals surface area contributed by atoms with Gasteiger partial charge in [-0.05, 0) is 76.1 Å². The molecule has 0 saturated heterocycles. The van der Waals surface area contributed by atoms with E-state index in [-0.39, 0.29) is 6.61 Å². The van der Waals surface area contributed by atoms with Gasteiger partial charge in [-0.15, -0.1) is 0 Å². The summed E-state index contributed by atoms with van der Waals surface area (Å²) in [4.78, 5) is 0. The van der Waals surface area contributed by atoms with Crippen molar-refractivity contribution >= 4 is 51.0 Å². The number of halogens is 6. The van der Waals surface area contributed by atoms with Gasteiger partial charge in [0.05, 0.1) is 21.9 Å². The number of benzene rings is 3. The van der Waals surface area contributed by atoms with Crippen LogP contribution in [0.2, 0.25) is 10.0 Å². The van der Waals surface area contributed by atoms with E-state index in [1.54, 1.807) is 42.6 Å². The number of nitrogens with zero attached hydrogens (tertiary/aromatic N) is 1. The smallest absolute Gasteiger partial charge is 0.416 e. The predicted molar refractivity (Wildman–Crippen MR) is 118 cm³/mol. The average molecular weight is 518 g/mol. The van der Waals surface area contributed by atoms with Gasteiger partial charge in [0.15, 0.2) is 0 Å². The van der Waals surface area contributed by atoms with E-state index in [2.05, 4.69) is 26.5 Å². The van der Waals surface area contributed by atoms with Crippen LogP contribution in [-0.2, 0) is 12.8 Å². The lowest BCUT2D eigenvalue weighted by Gasteiger charge is -2.10. The molecule has 3 nitrogen and oxygen atoms in total. The van der Waals surface area contributed by atoms with Crippen molar-refractivity contribution in [3.63, 3.8) is 0 Å². The van der Waals surface area contributed by atoms with E-state index in [1.807, 2.05) is 0 Å². The van der Waals surface area contributed by atoms with Gasteiger partial charge in [-0.2, -0.15) is 18.3 Å². The summed E-state index contributed by atoms with van der Waals surface area (Å²) in [6.45, 7) is 0.275. The van der Waals surface area contributed by atoms with Crippen LogP contribution in [0.4, 0.5) is 18.9 Å². The topological polar surface area (TPSA) is 33.6 Å². The van der Waals surface area contributed by atoms with E-state index in [4.69, 9.17) is 27.9 Å². The van der Waals surface area contributed by atoms with Gasteiger partial charge < -0.3 is 4.74 Å². The molecule has 3 aromatic rings. The number of alkyl halides is 3. The first-order valence-electron chi connectivity index (χ1n) is 8.55. The number of hydrogen-bond donors (Lipinski definition) is 1. The van der Waals surface area contributed by atoms with Crippen LogP contribution in [0.15, 0.2) is 70.2 Å². The Balaban J connectivity index is 1.59. The van der Waals surface area contributed by atoms with Gasteiger partial charge in [0.2, 0.25) is 0 Å². The fourth-order valence-corrected chi connectivity index (χ4v) is 3.40. The van der Waals surface area contributed by atoms with Crippen LogP contribution < -0.4 is 10.2 Å². The average Bonchev–Trinajstić information content (AvgIpc) is 2.68. The van der Waals surface area contributed by atoms with Crippen LogP contribution >= 0.6 is 39.1 Å². The Hall–Kier alpha value is -2.22. The summed E-state index contributed by atoms with van der Waals surface area (Å²) in [5.74, 6) is 0.619. The second-order valence-electron chi connectivity index (χ2n) is 6.16. The number of nitrogens with one attached hydrogen (secondary N) is 1. The molecule has 0 aromatic heterocycles. The minimum absolute atomic E-state index is 0.275. The highest BCUT2D eigenvalue weighted by molar-refractivity contribution is 9.10. The zero-order valence-electron chi connectivity index (χ0n) is 15.2. The fourth-order valence-electron chi connectivity index (χ4n) is 2.42. The molecular weight excluding hydrogens is 504 g/mol. The van der Waals surface area contributed by atoms with Gasteiger partial charge >= 0.3 is 6.18 Å². The van der Waals surface area contributed by atoms with E-state index >= 15 is 0 Å². The zero-order valence-corrected chi connectivity index (χ0v) is 18.3. The number of anilines is 1. The predicted octanol–water partition coefficient (Wildman–Crippen LogP) is 7.80. The number of hydrazone groups is 1. The Morgan fingerprint density at radius 3 is 2.37 bits per heavy atom. The van der Waals surface area contributed by atoms with E-state index < -0.39 is 11.7 Å². The lowest BCUT2D eigenvalue weighted by molar-refractivity contribution is -0.137. The van der Waals surface area contributed by atoms with Crippen LogP contribution in [0.3, 0.4) is 0 Å². The van der Waals surface area contributed by atoms with Crippen molar-refractivity contribution in [1.29, 1.82) is 0 Å². The van der Waals surface area contributed by atoms with Crippen molar-refractivity contribution in [2.24, 2.45) is 5.10 Å². The maximum atomic E-state index is 12.6. The van der Waals surface area contributed by atoms with Gasteiger partial charge in [0.25, 0.3) is 0 Å². The Kier molecular flexibility index (Phi) is 7.28. The Bertz CT molecular complexity index is 1060. The molecule has 0 aliphatic heterocycles. The second kappa shape index (κ2) is 9.73. The monoisotopic (exact) mass is 516 g/mol. The first-order valence-corrected chi connectivity index (χ1v) is 10.1. The maximum absolute atomic E-state index is 12.6.